The number of unbranched alkanes of at least 4 members (excludes halogenated alkanes) is 2. The molecule has 0 N–H and O–H groups in total. The molecule has 0 nitrogen and oxygen atoms in total. The number of rotatable bonds is 10. The monoisotopic (exact) mass is 444 g/mol. The molecule has 176 valence electrons. The molecule has 1 saturated carbocycles. The topological polar surface area (TPSA) is 0 Å². The Kier molecular flexibility index (Phi) is 8.59. The third-order valence-electron chi connectivity index (χ3n) is 7.85. The highest BCUT2D eigenvalue weighted by atomic mass is 19.1. The van der Waals surface area contributed by atoms with Gasteiger partial charge in [0.2, 0.25) is 0 Å². The van der Waals surface area contributed by atoms with Crippen molar-refractivity contribution >= 4 is 10.8 Å². The molecule has 1 heteroatoms. The van der Waals surface area contributed by atoms with Crippen molar-refractivity contribution in [3.63, 3.8) is 0 Å². The molecular formula is C32H41F. The fourth-order valence-corrected chi connectivity index (χ4v) is 5.74. The fourth-order valence-electron chi connectivity index (χ4n) is 5.74. The first-order valence-corrected chi connectivity index (χ1v) is 13.5. The lowest BCUT2D eigenvalue weighted by molar-refractivity contribution is 0.308. The van der Waals surface area contributed by atoms with Crippen LogP contribution in [0, 0.1) is 11.7 Å². The molecular weight excluding hydrogens is 403 g/mol. The number of halogens is 1. The first-order chi connectivity index (χ1) is 16.2. The smallest absolute Gasteiger partial charge is 0.134 e. The standard InChI is InChI=1S/C32H41F/c1-3-5-6-8-26-14-22-31-30(23-26)21-20-29(32(31)33)19-13-25-11-17-28(18-12-25)27-15-9-24(7-4-2)10-16-27/h11-12,14,17-18,20-24,27H,3-10,13,15-16,19H2,1-2H3. The molecule has 0 aromatic heterocycles. The minimum Gasteiger partial charge on any atom is -0.206 e. The molecule has 0 unspecified atom stereocenters. The van der Waals surface area contributed by atoms with Crippen molar-refractivity contribution in [1.82, 2.24) is 0 Å². The Bertz CT molecular complexity index is 1010. The van der Waals surface area contributed by atoms with E-state index >= 15 is 4.39 Å². The van der Waals surface area contributed by atoms with Crippen LogP contribution in [0.4, 0.5) is 4.39 Å². The zero-order chi connectivity index (χ0) is 23.0. The summed E-state index contributed by atoms with van der Waals surface area (Å²) in [5, 5.41) is 1.80. The highest BCUT2D eigenvalue weighted by molar-refractivity contribution is 5.84. The summed E-state index contributed by atoms with van der Waals surface area (Å²) >= 11 is 0. The molecule has 0 atom stereocenters. The average molecular weight is 445 g/mol. The van der Waals surface area contributed by atoms with E-state index < -0.39 is 0 Å². The predicted octanol–water partition coefficient (Wildman–Crippen LogP) is 9.57. The van der Waals surface area contributed by atoms with Crippen molar-refractivity contribution in [2.75, 3.05) is 0 Å². The Morgan fingerprint density at radius 1 is 0.727 bits per heavy atom. The van der Waals surface area contributed by atoms with Crippen molar-refractivity contribution in [3.05, 3.63) is 82.7 Å². The Morgan fingerprint density at radius 3 is 2.21 bits per heavy atom. The zero-order valence-electron chi connectivity index (χ0n) is 20.7. The molecule has 0 amide bonds. The first-order valence-electron chi connectivity index (χ1n) is 13.5. The van der Waals surface area contributed by atoms with Gasteiger partial charge in [0.15, 0.2) is 0 Å². The summed E-state index contributed by atoms with van der Waals surface area (Å²) in [6.45, 7) is 4.53. The van der Waals surface area contributed by atoms with E-state index in [4.69, 9.17) is 0 Å². The van der Waals surface area contributed by atoms with Crippen molar-refractivity contribution in [2.24, 2.45) is 5.92 Å². The molecule has 0 bridgehead atoms. The highest BCUT2D eigenvalue weighted by Gasteiger charge is 2.21. The number of aryl methyl sites for hydroxylation is 3. The van der Waals surface area contributed by atoms with Gasteiger partial charge in [-0.15, -0.1) is 0 Å². The average Bonchev–Trinajstić information content (AvgIpc) is 2.85. The summed E-state index contributed by atoms with van der Waals surface area (Å²) in [6.07, 6.45) is 14.6. The molecule has 0 heterocycles. The van der Waals surface area contributed by atoms with Gasteiger partial charge >= 0.3 is 0 Å². The van der Waals surface area contributed by atoms with Gasteiger partial charge < -0.3 is 0 Å². The molecule has 0 saturated heterocycles. The molecule has 3 aromatic carbocycles. The minimum absolute atomic E-state index is 0.0342. The maximum absolute atomic E-state index is 15.2. The maximum Gasteiger partial charge on any atom is 0.134 e. The third-order valence-corrected chi connectivity index (χ3v) is 7.85. The Balaban J connectivity index is 1.35. The van der Waals surface area contributed by atoms with Crippen molar-refractivity contribution in [2.45, 2.75) is 96.8 Å². The van der Waals surface area contributed by atoms with Gasteiger partial charge in [0.25, 0.3) is 0 Å². The maximum atomic E-state index is 15.2. The van der Waals surface area contributed by atoms with Gasteiger partial charge in [0.05, 0.1) is 0 Å². The molecule has 3 aromatic rings. The predicted molar refractivity (Wildman–Crippen MR) is 141 cm³/mol. The minimum atomic E-state index is -0.0342. The van der Waals surface area contributed by atoms with Crippen LogP contribution in [0.5, 0.6) is 0 Å². The summed E-state index contributed by atoms with van der Waals surface area (Å²) in [4.78, 5) is 0. The summed E-state index contributed by atoms with van der Waals surface area (Å²) in [5.74, 6) is 1.65. The fraction of sp³-hybridized carbons (Fsp3) is 0.500. The third kappa shape index (κ3) is 6.25. The van der Waals surface area contributed by atoms with Crippen LogP contribution in [0.25, 0.3) is 10.8 Å². The largest absolute Gasteiger partial charge is 0.206 e. The Morgan fingerprint density at radius 2 is 1.48 bits per heavy atom. The quantitative estimate of drug-likeness (QED) is 0.273. The van der Waals surface area contributed by atoms with Crippen molar-refractivity contribution < 1.29 is 4.39 Å². The Hall–Kier alpha value is -2.15. The Labute approximate surface area is 200 Å². The number of fused-ring (bicyclic) bond motifs is 1. The van der Waals surface area contributed by atoms with Crippen molar-refractivity contribution in [1.29, 1.82) is 0 Å². The van der Waals surface area contributed by atoms with Gasteiger partial charge in [-0.25, -0.2) is 4.39 Å². The zero-order valence-corrected chi connectivity index (χ0v) is 20.7. The van der Waals surface area contributed by atoms with Gasteiger partial charge in [-0.3, -0.25) is 0 Å². The normalized spacial score (nSPS) is 18.6. The first kappa shape index (κ1) is 24.0. The lowest BCUT2D eigenvalue weighted by atomic mass is 9.77. The van der Waals surface area contributed by atoms with Gasteiger partial charge in [-0.05, 0) is 90.8 Å². The van der Waals surface area contributed by atoms with E-state index in [1.54, 1.807) is 0 Å². The van der Waals surface area contributed by atoms with Crippen LogP contribution in [0.3, 0.4) is 0 Å². The van der Waals surface area contributed by atoms with Crippen molar-refractivity contribution in [3.8, 4) is 0 Å². The number of hydrogen-bond donors (Lipinski definition) is 0. The van der Waals surface area contributed by atoms with Crippen LogP contribution < -0.4 is 0 Å². The molecule has 0 spiro atoms. The van der Waals surface area contributed by atoms with E-state index in [1.807, 2.05) is 12.1 Å². The lowest BCUT2D eigenvalue weighted by Gasteiger charge is -2.28. The summed E-state index contributed by atoms with van der Waals surface area (Å²) < 4.78 is 15.2. The van der Waals surface area contributed by atoms with E-state index in [0.29, 0.717) is 0 Å². The summed E-state index contributed by atoms with van der Waals surface area (Å²) in [7, 11) is 0. The van der Waals surface area contributed by atoms with E-state index in [9.17, 15) is 0 Å². The van der Waals surface area contributed by atoms with Crippen LogP contribution in [0.1, 0.15) is 99.8 Å². The van der Waals surface area contributed by atoms with E-state index in [0.717, 1.165) is 47.4 Å². The molecule has 1 fully saturated rings. The van der Waals surface area contributed by atoms with E-state index in [2.05, 4.69) is 56.3 Å². The van der Waals surface area contributed by atoms with Gasteiger partial charge in [0.1, 0.15) is 5.82 Å². The van der Waals surface area contributed by atoms with Crippen LogP contribution in [-0.2, 0) is 19.3 Å². The van der Waals surface area contributed by atoms with Gasteiger partial charge in [-0.1, -0.05) is 94.1 Å². The van der Waals surface area contributed by atoms with E-state index in [1.165, 1.54) is 74.5 Å². The van der Waals surface area contributed by atoms with Gasteiger partial charge in [0, 0.05) is 5.39 Å². The lowest BCUT2D eigenvalue weighted by Crippen LogP contribution is -2.13. The molecule has 0 aliphatic heterocycles. The van der Waals surface area contributed by atoms with Crippen LogP contribution in [-0.4, -0.2) is 0 Å². The van der Waals surface area contributed by atoms with E-state index in [-0.39, 0.29) is 5.82 Å². The highest BCUT2D eigenvalue weighted by Crippen LogP contribution is 2.37. The molecule has 1 aliphatic rings. The SMILES string of the molecule is CCCCCc1ccc2c(F)c(CCc3ccc(C4CCC(CCC)CC4)cc3)ccc2c1. The molecule has 0 radical (unpaired) electrons. The number of hydrogen-bond acceptors (Lipinski definition) is 0. The molecule has 33 heavy (non-hydrogen) atoms. The summed E-state index contributed by atoms with van der Waals surface area (Å²) in [5.41, 5.74) is 4.96. The second kappa shape index (κ2) is 11.8. The van der Waals surface area contributed by atoms with Gasteiger partial charge in [-0.2, -0.15) is 0 Å². The summed E-state index contributed by atoms with van der Waals surface area (Å²) in [6, 6.07) is 19.6. The molecule has 1 aliphatic carbocycles. The molecule has 4 rings (SSSR count). The van der Waals surface area contributed by atoms with Crippen LogP contribution >= 0.6 is 0 Å². The second-order valence-corrected chi connectivity index (χ2v) is 10.3. The van der Waals surface area contributed by atoms with Crippen LogP contribution in [0.2, 0.25) is 0 Å². The van der Waals surface area contributed by atoms with Crippen LogP contribution in [0.15, 0.2) is 54.6 Å². The number of benzene rings is 3. The second-order valence-electron chi connectivity index (χ2n) is 10.3.